The summed E-state index contributed by atoms with van der Waals surface area (Å²) in [5, 5.41) is 4.23. The normalized spacial score (nSPS) is 19.5. The number of hydrogen-bond acceptors (Lipinski definition) is 4. The van der Waals surface area contributed by atoms with Crippen molar-refractivity contribution in [1.82, 2.24) is 19.3 Å². The molecule has 6 nitrogen and oxygen atoms in total. The van der Waals surface area contributed by atoms with Gasteiger partial charge in [-0.3, -0.25) is 9.48 Å². The summed E-state index contributed by atoms with van der Waals surface area (Å²) < 4.78 is 3.77. The number of rotatable bonds is 3. The predicted octanol–water partition coefficient (Wildman–Crippen LogP) is 0.836. The van der Waals surface area contributed by atoms with E-state index < -0.39 is 0 Å². The Morgan fingerprint density at radius 1 is 1.11 bits per heavy atom. The van der Waals surface area contributed by atoms with Crippen LogP contribution in [0.25, 0.3) is 0 Å². The smallest absolute Gasteiger partial charge is 0.293 e. The van der Waals surface area contributed by atoms with Crippen molar-refractivity contribution < 1.29 is 0 Å². The van der Waals surface area contributed by atoms with Crippen molar-refractivity contribution in [2.45, 2.75) is 24.9 Å². The first-order valence-corrected chi connectivity index (χ1v) is 6.64. The van der Waals surface area contributed by atoms with Crippen LogP contribution < -0.4 is 10.5 Å². The van der Waals surface area contributed by atoms with Gasteiger partial charge in [0, 0.05) is 43.9 Å². The Balaban J connectivity index is 1.55. The Morgan fingerprint density at radius 3 is 2.63 bits per heavy atom. The lowest BCUT2D eigenvalue weighted by molar-refractivity contribution is 0.364. The number of hydrogen-bond donors (Lipinski definition) is 0. The van der Waals surface area contributed by atoms with Crippen LogP contribution in [0.15, 0.2) is 35.6 Å². The van der Waals surface area contributed by atoms with Crippen molar-refractivity contribution in [3.63, 3.8) is 0 Å². The van der Waals surface area contributed by atoms with Crippen LogP contribution in [0.4, 0.5) is 5.82 Å². The number of anilines is 1. The Labute approximate surface area is 110 Å². The molecule has 2 fully saturated rings. The van der Waals surface area contributed by atoms with Crippen LogP contribution in [0.3, 0.4) is 0 Å². The molecule has 4 rings (SSSR count). The third kappa shape index (κ3) is 1.75. The summed E-state index contributed by atoms with van der Waals surface area (Å²) in [7, 11) is 0. The first-order valence-electron chi connectivity index (χ1n) is 6.64. The molecule has 3 heterocycles. The van der Waals surface area contributed by atoms with Crippen LogP contribution in [-0.2, 0) is 0 Å². The molecular weight excluding hydrogens is 242 g/mol. The van der Waals surface area contributed by atoms with Crippen molar-refractivity contribution in [3.8, 4) is 0 Å². The zero-order chi connectivity index (χ0) is 12.8. The fourth-order valence-corrected chi connectivity index (χ4v) is 2.56. The minimum atomic E-state index is 0.0453. The Morgan fingerprint density at radius 2 is 1.95 bits per heavy atom. The van der Waals surface area contributed by atoms with E-state index in [1.165, 1.54) is 0 Å². The van der Waals surface area contributed by atoms with Crippen molar-refractivity contribution in [3.05, 3.63) is 41.2 Å². The molecule has 0 bridgehead atoms. The van der Waals surface area contributed by atoms with Crippen molar-refractivity contribution in [2.24, 2.45) is 0 Å². The summed E-state index contributed by atoms with van der Waals surface area (Å²) in [6.45, 7) is 1.61. The van der Waals surface area contributed by atoms with E-state index in [1.54, 1.807) is 18.6 Å². The Kier molecular flexibility index (Phi) is 2.24. The number of nitrogens with zero attached hydrogens (tertiary/aromatic N) is 5. The molecule has 2 aromatic heterocycles. The van der Waals surface area contributed by atoms with Gasteiger partial charge >= 0.3 is 0 Å². The lowest BCUT2D eigenvalue weighted by Crippen LogP contribution is -2.50. The molecule has 2 aromatic rings. The maximum absolute atomic E-state index is 12.3. The van der Waals surface area contributed by atoms with Gasteiger partial charge in [-0.25, -0.2) is 4.98 Å². The molecule has 2 aliphatic rings. The standard InChI is InChI=1S/C13H15N5O/c19-13-12(14-5-7-17(13)10-2-3-10)16-8-11(9-16)18-6-1-4-15-18/h1,4-7,10-11H,2-3,8-9H2. The zero-order valence-electron chi connectivity index (χ0n) is 10.5. The van der Waals surface area contributed by atoms with Gasteiger partial charge in [-0.15, -0.1) is 0 Å². The highest BCUT2D eigenvalue weighted by Gasteiger charge is 2.33. The average Bonchev–Trinajstić information content (AvgIpc) is 3.06. The van der Waals surface area contributed by atoms with Gasteiger partial charge in [-0.2, -0.15) is 5.10 Å². The molecule has 1 aliphatic heterocycles. The molecule has 0 spiro atoms. The highest BCUT2D eigenvalue weighted by molar-refractivity contribution is 5.40. The van der Waals surface area contributed by atoms with Gasteiger partial charge < -0.3 is 9.47 Å². The third-order valence-corrected chi connectivity index (χ3v) is 3.85. The zero-order valence-corrected chi connectivity index (χ0v) is 10.5. The van der Waals surface area contributed by atoms with Gasteiger partial charge in [-0.05, 0) is 18.9 Å². The molecule has 1 aliphatic carbocycles. The maximum atomic E-state index is 12.3. The SMILES string of the molecule is O=c1c(N2CC(n3cccn3)C2)nccn1C1CC1. The quantitative estimate of drug-likeness (QED) is 0.817. The van der Waals surface area contributed by atoms with Gasteiger partial charge in [0.1, 0.15) is 0 Å². The topological polar surface area (TPSA) is 56.0 Å². The van der Waals surface area contributed by atoms with Crippen LogP contribution in [0.1, 0.15) is 24.9 Å². The number of aromatic nitrogens is 4. The van der Waals surface area contributed by atoms with Crippen LogP contribution in [0.2, 0.25) is 0 Å². The highest BCUT2D eigenvalue weighted by Crippen LogP contribution is 2.33. The molecular formula is C13H15N5O. The van der Waals surface area contributed by atoms with E-state index in [0.29, 0.717) is 17.9 Å². The molecule has 1 saturated heterocycles. The van der Waals surface area contributed by atoms with Gasteiger partial charge in [-0.1, -0.05) is 0 Å². The molecule has 19 heavy (non-hydrogen) atoms. The molecule has 1 saturated carbocycles. The molecule has 0 radical (unpaired) electrons. The second kappa shape index (κ2) is 3.94. The molecule has 0 unspecified atom stereocenters. The van der Waals surface area contributed by atoms with Gasteiger partial charge in [0.25, 0.3) is 5.56 Å². The van der Waals surface area contributed by atoms with Gasteiger partial charge in [0.05, 0.1) is 6.04 Å². The van der Waals surface area contributed by atoms with Gasteiger partial charge in [0.15, 0.2) is 5.82 Å². The summed E-state index contributed by atoms with van der Waals surface area (Å²) in [4.78, 5) is 18.6. The Bertz CT molecular complexity index is 637. The second-order valence-electron chi connectivity index (χ2n) is 5.24. The first kappa shape index (κ1) is 10.8. The molecule has 98 valence electrons. The van der Waals surface area contributed by atoms with Gasteiger partial charge in [0.2, 0.25) is 0 Å². The first-order chi connectivity index (χ1) is 9.33. The minimum Gasteiger partial charge on any atom is -0.348 e. The predicted molar refractivity (Wildman–Crippen MR) is 70.2 cm³/mol. The maximum Gasteiger partial charge on any atom is 0.293 e. The molecule has 0 amide bonds. The molecule has 0 N–H and O–H groups in total. The summed E-state index contributed by atoms with van der Waals surface area (Å²) >= 11 is 0. The molecule has 0 atom stereocenters. The van der Waals surface area contributed by atoms with E-state index in [9.17, 15) is 4.79 Å². The fraction of sp³-hybridized carbons (Fsp3) is 0.462. The highest BCUT2D eigenvalue weighted by atomic mass is 16.1. The van der Waals surface area contributed by atoms with E-state index in [0.717, 1.165) is 25.9 Å². The van der Waals surface area contributed by atoms with Crippen molar-refractivity contribution in [2.75, 3.05) is 18.0 Å². The van der Waals surface area contributed by atoms with Crippen LogP contribution in [-0.4, -0.2) is 32.4 Å². The minimum absolute atomic E-state index is 0.0453. The van der Waals surface area contributed by atoms with Crippen molar-refractivity contribution in [1.29, 1.82) is 0 Å². The monoisotopic (exact) mass is 257 g/mol. The van der Waals surface area contributed by atoms with E-state index in [1.807, 2.05) is 26.4 Å². The summed E-state index contributed by atoms with van der Waals surface area (Å²) in [6.07, 6.45) is 9.50. The Hall–Kier alpha value is -2.11. The molecule has 6 heteroatoms. The average molecular weight is 257 g/mol. The van der Waals surface area contributed by atoms with Crippen molar-refractivity contribution >= 4 is 5.82 Å². The second-order valence-corrected chi connectivity index (χ2v) is 5.24. The fourth-order valence-electron chi connectivity index (χ4n) is 2.56. The lowest BCUT2D eigenvalue weighted by Gasteiger charge is -2.39. The van der Waals surface area contributed by atoms with Crippen LogP contribution in [0, 0.1) is 0 Å². The van der Waals surface area contributed by atoms with E-state index >= 15 is 0 Å². The van der Waals surface area contributed by atoms with Crippen LogP contribution >= 0.6 is 0 Å². The van der Waals surface area contributed by atoms with E-state index in [2.05, 4.69) is 10.1 Å². The summed E-state index contributed by atoms with van der Waals surface area (Å²) in [5.74, 6) is 0.581. The van der Waals surface area contributed by atoms with E-state index in [4.69, 9.17) is 0 Å². The third-order valence-electron chi connectivity index (χ3n) is 3.85. The lowest BCUT2D eigenvalue weighted by atomic mass is 10.1. The largest absolute Gasteiger partial charge is 0.348 e. The summed E-state index contributed by atoms with van der Waals surface area (Å²) in [6, 6.07) is 2.67. The van der Waals surface area contributed by atoms with E-state index in [-0.39, 0.29) is 5.56 Å². The van der Waals surface area contributed by atoms with Crippen LogP contribution in [0.5, 0.6) is 0 Å². The summed E-state index contributed by atoms with van der Waals surface area (Å²) in [5.41, 5.74) is 0.0453. The molecule has 0 aromatic carbocycles.